The molecule has 1 amide bonds. The predicted molar refractivity (Wildman–Crippen MR) is 74.2 cm³/mol. The molecule has 1 aromatic carbocycles. The minimum absolute atomic E-state index is 0.0364. The Hall–Kier alpha value is -1.91. The fourth-order valence-corrected chi connectivity index (χ4v) is 3.10. The molecular formula is C16H18FNO3. The number of rotatable bonds is 3. The average molecular weight is 291 g/mol. The van der Waals surface area contributed by atoms with Crippen molar-refractivity contribution < 1.29 is 19.1 Å². The van der Waals surface area contributed by atoms with Crippen LogP contribution in [-0.4, -0.2) is 35.0 Å². The average Bonchev–Trinajstić information content (AvgIpc) is 3.14. The molecule has 112 valence electrons. The van der Waals surface area contributed by atoms with E-state index in [2.05, 4.69) is 0 Å². The summed E-state index contributed by atoms with van der Waals surface area (Å²) in [5.74, 6) is -1.02. The third-order valence-corrected chi connectivity index (χ3v) is 4.71. The summed E-state index contributed by atoms with van der Waals surface area (Å²) < 4.78 is 12.9. The molecule has 1 saturated heterocycles. The van der Waals surface area contributed by atoms with Crippen LogP contribution >= 0.6 is 0 Å². The minimum Gasteiger partial charge on any atom is -0.481 e. The first-order valence-corrected chi connectivity index (χ1v) is 7.18. The highest BCUT2D eigenvalue weighted by Crippen LogP contribution is 2.49. The topological polar surface area (TPSA) is 57.6 Å². The molecule has 5 heteroatoms. The predicted octanol–water partition coefficient (Wildman–Crippen LogP) is 2.25. The van der Waals surface area contributed by atoms with E-state index >= 15 is 0 Å². The van der Waals surface area contributed by atoms with Gasteiger partial charge in [-0.05, 0) is 43.4 Å². The summed E-state index contributed by atoms with van der Waals surface area (Å²) in [6.45, 7) is 2.48. The van der Waals surface area contributed by atoms with Gasteiger partial charge in [0.25, 0.3) is 0 Å². The Balaban J connectivity index is 1.64. The van der Waals surface area contributed by atoms with Crippen LogP contribution in [0.3, 0.4) is 0 Å². The molecule has 0 spiro atoms. The zero-order chi connectivity index (χ0) is 15.2. The molecule has 0 radical (unpaired) electrons. The number of halogens is 1. The number of amides is 1. The molecule has 1 aliphatic carbocycles. The van der Waals surface area contributed by atoms with Gasteiger partial charge in [-0.2, -0.15) is 0 Å². The van der Waals surface area contributed by atoms with Crippen LogP contribution in [0.25, 0.3) is 0 Å². The molecule has 1 aliphatic heterocycles. The van der Waals surface area contributed by atoms with Gasteiger partial charge in [0.2, 0.25) is 5.91 Å². The fraction of sp³-hybridized carbons (Fsp3) is 0.500. The number of carbonyl (C=O) groups is 2. The first-order chi connectivity index (χ1) is 9.90. The van der Waals surface area contributed by atoms with Crippen molar-refractivity contribution in [1.82, 2.24) is 4.90 Å². The third-order valence-electron chi connectivity index (χ3n) is 4.71. The molecule has 0 aromatic heterocycles. The summed E-state index contributed by atoms with van der Waals surface area (Å²) in [6, 6.07) is 6.26. The van der Waals surface area contributed by atoms with Crippen LogP contribution in [0.1, 0.15) is 31.2 Å². The molecule has 1 heterocycles. The van der Waals surface area contributed by atoms with E-state index in [0.717, 1.165) is 12.0 Å². The zero-order valence-corrected chi connectivity index (χ0v) is 11.9. The number of carbonyl (C=O) groups excluding carboxylic acids is 1. The van der Waals surface area contributed by atoms with Gasteiger partial charge in [-0.3, -0.25) is 9.59 Å². The highest BCUT2D eigenvalue weighted by molar-refractivity contribution is 5.85. The number of hydrogen-bond acceptors (Lipinski definition) is 2. The van der Waals surface area contributed by atoms with Gasteiger partial charge in [0, 0.05) is 19.0 Å². The molecule has 1 aromatic rings. The number of carboxylic acid groups (broad SMARTS) is 1. The van der Waals surface area contributed by atoms with E-state index in [1.807, 2.05) is 0 Å². The van der Waals surface area contributed by atoms with Crippen molar-refractivity contribution >= 4 is 11.9 Å². The first-order valence-electron chi connectivity index (χ1n) is 7.18. The molecule has 4 nitrogen and oxygen atoms in total. The van der Waals surface area contributed by atoms with Crippen LogP contribution in [0.4, 0.5) is 4.39 Å². The highest BCUT2D eigenvalue weighted by Gasteiger charge is 2.49. The Morgan fingerprint density at radius 1 is 1.33 bits per heavy atom. The summed E-state index contributed by atoms with van der Waals surface area (Å²) in [7, 11) is 0. The Morgan fingerprint density at radius 2 is 2.00 bits per heavy atom. The second-order valence-electron chi connectivity index (χ2n) is 6.38. The summed E-state index contributed by atoms with van der Waals surface area (Å²) in [6.07, 6.45) is 1.27. The number of benzene rings is 1. The van der Waals surface area contributed by atoms with Crippen molar-refractivity contribution in [3.63, 3.8) is 0 Å². The van der Waals surface area contributed by atoms with Crippen molar-refractivity contribution in [2.45, 2.75) is 25.7 Å². The second kappa shape index (κ2) is 4.83. The van der Waals surface area contributed by atoms with Crippen molar-refractivity contribution in [2.75, 3.05) is 13.1 Å². The maximum atomic E-state index is 12.9. The van der Waals surface area contributed by atoms with Crippen molar-refractivity contribution in [1.29, 1.82) is 0 Å². The molecule has 2 fully saturated rings. The van der Waals surface area contributed by atoms with Crippen molar-refractivity contribution in [2.24, 2.45) is 11.3 Å². The molecule has 21 heavy (non-hydrogen) atoms. The van der Waals surface area contributed by atoms with Crippen LogP contribution in [-0.2, 0) is 9.59 Å². The van der Waals surface area contributed by atoms with Gasteiger partial charge in [-0.25, -0.2) is 4.39 Å². The quantitative estimate of drug-likeness (QED) is 0.929. The second-order valence-corrected chi connectivity index (χ2v) is 6.38. The SMILES string of the molecule is C[C@]1(C(=O)O)CCN(C(=O)[C@@H]2C[C@H]2c2ccc(F)cc2)C1. The Labute approximate surface area is 122 Å². The monoisotopic (exact) mass is 291 g/mol. The molecular weight excluding hydrogens is 273 g/mol. The fourth-order valence-electron chi connectivity index (χ4n) is 3.10. The maximum Gasteiger partial charge on any atom is 0.311 e. The Kier molecular flexibility index (Phi) is 3.23. The third kappa shape index (κ3) is 2.52. The van der Waals surface area contributed by atoms with Crippen LogP contribution in [0.5, 0.6) is 0 Å². The Bertz CT molecular complexity index is 586. The van der Waals surface area contributed by atoms with Gasteiger partial charge in [-0.15, -0.1) is 0 Å². The standard InChI is InChI=1S/C16H18FNO3/c1-16(15(20)21)6-7-18(9-16)14(19)13-8-12(13)10-2-4-11(17)5-3-10/h2-5,12-13H,6-9H2,1H3,(H,20,21)/t12-,13+,16-/m0/s1. The molecule has 1 saturated carbocycles. The van der Waals surface area contributed by atoms with E-state index in [1.54, 1.807) is 24.0 Å². The smallest absolute Gasteiger partial charge is 0.311 e. The van der Waals surface area contributed by atoms with Crippen LogP contribution in [0, 0.1) is 17.2 Å². The van der Waals surface area contributed by atoms with Gasteiger partial charge in [0.1, 0.15) is 5.82 Å². The minimum atomic E-state index is -0.844. The van der Waals surface area contributed by atoms with Crippen LogP contribution < -0.4 is 0 Å². The molecule has 2 aliphatic rings. The van der Waals surface area contributed by atoms with Gasteiger partial charge >= 0.3 is 5.97 Å². The first kappa shape index (κ1) is 14.0. The van der Waals surface area contributed by atoms with E-state index in [0.29, 0.717) is 13.0 Å². The van der Waals surface area contributed by atoms with Gasteiger partial charge in [0.05, 0.1) is 5.41 Å². The highest BCUT2D eigenvalue weighted by atomic mass is 19.1. The molecule has 1 N–H and O–H groups in total. The van der Waals surface area contributed by atoms with Crippen LogP contribution in [0.2, 0.25) is 0 Å². The van der Waals surface area contributed by atoms with Crippen molar-refractivity contribution in [3.05, 3.63) is 35.6 Å². The number of carboxylic acids is 1. The normalized spacial score (nSPS) is 31.2. The molecule has 3 rings (SSSR count). The Morgan fingerprint density at radius 3 is 2.57 bits per heavy atom. The summed E-state index contributed by atoms with van der Waals surface area (Å²) >= 11 is 0. The van der Waals surface area contributed by atoms with E-state index < -0.39 is 11.4 Å². The summed E-state index contributed by atoms with van der Waals surface area (Å²) in [5.41, 5.74) is 0.158. The maximum absolute atomic E-state index is 12.9. The van der Waals surface area contributed by atoms with E-state index in [-0.39, 0.29) is 30.1 Å². The lowest BCUT2D eigenvalue weighted by molar-refractivity contribution is -0.147. The largest absolute Gasteiger partial charge is 0.481 e. The van der Waals surface area contributed by atoms with Crippen molar-refractivity contribution in [3.8, 4) is 0 Å². The lowest BCUT2D eigenvalue weighted by Gasteiger charge is -2.20. The zero-order valence-electron chi connectivity index (χ0n) is 11.9. The number of aliphatic carboxylic acids is 1. The lowest BCUT2D eigenvalue weighted by atomic mass is 9.90. The number of likely N-dealkylation sites (tertiary alicyclic amines) is 1. The molecule has 3 atom stereocenters. The number of nitrogens with zero attached hydrogens (tertiary/aromatic N) is 1. The lowest BCUT2D eigenvalue weighted by Crippen LogP contribution is -2.35. The summed E-state index contributed by atoms with van der Waals surface area (Å²) in [5, 5.41) is 9.21. The van der Waals surface area contributed by atoms with Gasteiger partial charge in [0.15, 0.2) is 0 Å². The molecule has 0 unspecified atom stereocenters. The van der Waals surface area contributed by atoms with Crippen LogP contribution in [0.15, 0.2) is 24.3 Å². The van der Waals surface area contributed by atoms with E-state index in [9.17, 15) is 19.1 Å². The van der Waals surface area contributed by atoms with E-state index in [4.69, 9.17) is 0 Å². The summed E-state index contributed by atoms with van der Waals surface area (Å²) in [4.78, 5) is 25.3. The van der Waals surface area contributed by atoms with Gasteiger partial charge in [-0.1, -0.05) is 12.1 Å². The van der Waals surface area contributed by atoms with E-state index in [1.165, 1.54) is 12.1 Å². The molecule has 0 bridgehead atoms. The number of hydrogen-bond donors (Lipinski definition) is 1. The van der Waals surface area contributed by atoms with Gasteiger partial charge < -0.3 is 10.0 Å².